The van der Waals surface area contributed by atoms with E-state index in [1.54, 1.807) is 0 Å². The van der Waals surface area contributed by atoms with Gasteiger partial charge in [0.1, 0.15) is 0 Å². The average Bonchev–Trinajstić information content (AvgIpc) is 3.00. The molecule has 0 heterocycles. The van der Waals surface area contributed by atoms with E-state index in [-0.39, 0.29) is 5.91 Å². The highest BCUT2D eigenvalue weighted by molar-refractivity contribution is 5.98. The number of carbonyl (C=O) groups is 1. The van der Waals surface area contributed by atoms with Gasteiger partial charge in [-0.15, -0.1) is 0 Å². The van der Waals surface area contributed by atoms with E-state index in [1.165, 1.54) is 25.7 Å². The predicted octanol–water partition coefficient (Wildman–Crippen LogP) is 3.26. The zero-order chi connectivity index (χ0) is 13.8. The molecule has 1 aliphatic rings. The Labute approximate surface area is 119 Å². The van der Waals surface area contributed by atoms with Crippen molar-refractivity contribution in [3.05, 3.63) is 48.0 Å². The van der Waals surface area contributed by atoms with Gasteiger partial charge in [0.05, 0.1) is 0 Å². The molecule has 0 unspecified atom stereocenters. The molecule has 0 aromatic heterocycles. The molecule has 104 valence electrons. The molecule has 1 amide bonds. The van der Waals surface area contributed by atoms with E-state index in [1.807, 2.05) is 36.4 Å². The van der Waals surface area contributed by atoms with Crippen molar-refractivity contribution in [2.75, 3.05) is 6.54 Å². The van der Waals surface area contributed by atoms with Gasteiger partial charge in [0.25, 0.3) is 5.91 Å². The molecular formula is C17H20N2O. The minimum atomic E-state index is -0.0613. The third-order valence-corrected chi connectivity index (χ3v) is 4.08. The summed E-state index contributed by atoms with van der Waals surface area (Å²) in [6.45, 7) is 0.874. The Balaban J connectivity index is 1.60. The maximum atomic E-state index is 12.1. The van der Waals surface area contributed by atoms with Crippen LogP contribution in [-0.2, 0) is 0 Å². The van der Waals surface area contributed by atoms with Crippen LogP contribution in [0.5, 0.6) is 0 Å². The third-order valence-electron chi connectivity index (χ3n) is 4.08. The van der Waals surface area contributed by atoms with Gasteiger partial charge in [-0.05, 0) is 41.7 Å². The van der Waals surface area contributed by atoms with E-state index in [0.29, 0.717) is 11.5 Å². The lowest BCUT2D eigenvalue weighted by molar-refractivity contribution is 0.0930. The molecular weight excluding hydrogens is 248 g/mol. The number of rotatable bonds is 4. The van der Waals surface area contributed by atoms with Crippen LogP contribution in [0.4, 0.5) is 0 Å². The molecule has 1 saturated carbocycles. The van der Waals surface area contributed by atoms with Crippen molar-refractivity contribution in [2.24, 2.45) is 5.92 Å². The molecule has 1 fully saturated rings. The number of amides is 1. The lowest BCUT2D eigenvalue weighted by Crippen LogP contribution is -2.39. The minimum absolute atomic E-state index is 0.0613. The maximum Gasteiger partial charge on any atom is 0.265 e. The zero-order valence-electron chi connectivity index (χ0n) is 11.6. The number of hydrazine groups is 1. The summed E-state index contributed by atoms with van der Waals surface area (Å²) < 4.78 is 0. The van der Waals surface area contributed by atoms with Gasteiger partial charge in [0.15, 0.2) is 0 Å². The van der Waals surface area contributed by atoms with Crippen molar-refractivity contribution < 1.29 is 4.79 Å². The fraction of sp³-hybridized carbons (Fsp3) is 0.353. The first-order valence-electron chi connectivity index (χ1n) is 7.35. The topological polar surface area (TPSA) is 41.1 Å². The van der Waals surface area contributed by atoms with E-state index < -0.39 is 0 Å². The van der Waals surface area contributed by atoms with Crippen LogP contribution in [0.25, 0.3) is 10.8 Å². The fourth-order valence-electron chi connectivity index (χ4n) is 2.89. The smallest absolute Gasteiger partial charge is 0.265 e. The molecule has 0 radical (unpaired) electrons. The molecule has 0 saturated heterocycles. The van der Waals surface area contributed by atoms with Gasteiger partial charge < -0.3 is 0 Å². The molecule has 2 aromatic carbocycles. The maximum absolute atomic E-state index is 12.1. The Morgan fingerprint density at radius 3 is 2.60 bits per heavy atom. The van der Waals surface area contributed by atoms with Gasteiger partial charge in [-0.25, -0.2) is 5.43 Å². The van der Waals surface area contributed by atoms with Crippen molar-refractivity contribution in [3.63, 3.8) is 0 Å². The monoisotopic (exact) mass is 268 g/mol. The summed E-state index contributed by atoms with van der Waals surface area (Å²) >= 11 is 0. The first kappa shape index (κ1) is 13.1. The van der Waals surface area contributed by atoms with Gasteiger partial charge in [-0.1, -0.05) is 43.2 Å². The average molecular weight is 268 g/mol. The van der Waals surface area contributed by atoms with Crippen LogP contribution in [0.1, 0.15) is 36.0 Å². The lowest BCUT2D eigenvalue weighted by atomic mass is 10.1. The Bertz CT molecular complexity index is 603. The Morgan fingerprint density at radius 1 is 1.05 bits per heavy atom. The second-order valence-electron chi connectivity index (χ2n) is 5.55. The Hall–Kier alpha value is -1.87. The van der Waals surface area contributed by atoms with Crippen LogP contribution in [0.2, 0.25) is 0 Å². The molecule has 1 aliphatic carbocycles. The summed E-state index contributed by atoms with van der Waals surface area (Å²) in [5, 5.41) is 2.25. The van der Waals surface area contributed by atoms with Crippen molar-refractivity contribution in [1.82, 2.24) is 10.9 Å². The summed E-state index contributed by atoms with van der Waals surface area (Å²) in [4.78, 5) is 12.1. The lowest BCUT2D eigenvalue weighted by Gasteiger charge is -2.12. The van der Waals surface area contributed by atoms with Crippen LogP contribution >= 0.6 is 0 Å². The zero-order valence-corrected chi connectivity index (χ0v) is 11.6. The molecule has 3 rings (SSSR count). The summed E-state index contributed by atoms with van der Waals surface area (Å²) in [5.41, 5.74) is 6.57. The first-order chi connectivity index (χ1) is 9.83. The van der Waals surface area contributed by atoms with Crippen molar-refractivity contribution in [3.8, 4) is 0 Å². The van der Waals surface area contributed by atoms with Crippen LogP contribution in [0, 0.1) is 5.92 Å². The Kier molecular flexibility index (Phi) is 3.97. The molecule has 2 N–H and O–H groups in total. The molecule has 2 aromatic rings. The van der Waals surface area contributed by atoms with E-state index >= 15 is 0 Å². The molecule has 0 atom stereocenters. The van der Waals surface area contributed by atoms with Crippen molar-refractivity contribution in [1.29, 1.82) is 0 Å². The summed E-state index contributed by atoms with van der Waals surface area (Å²) in [6.07, 6.45) is 5.20. The van der Waals surface area contributed by atoms with Crippen LogP contribution in [0.15, 0.2) is 42.5 Å². The molecule has 0 bridgehead atoms. The summed E-state index contributed by atoms with van der Waals surface area (Å²) in [6, 6.07) is 13.9. The third kappa shape index (κ3) is 2.99. The Morgan fingerprint density at radius 2 is 1.80 bits per heavy atom. The number of hydrogen-bond donors (Lipinski definition) is 2. The second kappa shape index (κ2) is 6.06. The summed E-state index contributed by atoms with van der Waals surface area (Å²) in [5.74, 6) is 0.653. The highest BCUT2D eigenvalue weighted by Crippen LogP contribution is 2.23. The first-order valence-corrected chi connectivity index (χ1v) is 7.35. The van der Waals surface area contributed by atoms with Crippen molar-refractivity contribution in [2.45, 2.75) is 25.7 Å². The largest absolute Gasteiger partial charge is 0.287 e. The number of fused-ring (bicyclic) bond motifs is 1. The number of nitrogens with one attached hydrogen (secondary N) is 2. The predicted molar refractivity (Wildman–Crippen MR) is 81.4 cm³/mol. The van der Waals surface area contributed by atoms with Crippen molar-refractivity contribution >= 4 is 16.7 Å². The van der Waals surface area contributed by atoms with Gasteiger partial charge in [0.2, 0.25) is 0 Å². The van der Waals surface area contributed by atoms with Gasteiger partial charge in [0, 0.05) is 12.1 Å². The van der Waals surface area contributed by atoms with Crippen LogP contribution in [-0.4, -0.2) is 12.5 Å². The van der Waals surface area contributed by atoms with Crippen LogP contribution < -0.4 is 10.9 Å². The number of benzene rings is 2. The van der Waals surface area contributed by atoms with Gasteiger partial charge >= 0.3 is 0 Å². The number of hydrogen-bond acceptors (Lipinski definition) is 2. The van der Waals surface area contributed by atoms with E-state index in [9.17, 15) is 4.79 Å². The highest BCUT2D eigenvalue weighted by Gasteiger charge is 2.14. The van der Waals surface area contributed by atoms with Gasteiger partial charge in [-0.3, -0.25) is 10.2 Å². The molecule has 0 aliphatic heterocycles. The number of carbonyl (C=O) groups excluding carboxylic acids is 1. The standard InChI is InChI=1S/C17H20N2O/c20-17(19-18-12-13-5-1-2-6-13)16-10-9-14-7-3-4-8-15(14)11-16/h3-4,7-11,13,18H,1-2,5-6,12H2,(H,19,20). The van der Waals surface area contributed by atoms with E-state index in [4.69, 9.17) is 0 Å². The van der Waals surface area contributed by atoms with Gasteiger partial charge in [-0.2, -0.15) is 0 Å². The van der Waals surface area contributed by atoms with Crippen LogP contribution in [0.3, 0.4) is 0 Å². The minimum Gasteiger partial charge on any atom is -0.287 e. The SMILES string of the molecule is O=C(NNCC1CCCC1)c1ccc2ccccc2c1. The normalized spacial score (nSPS) is 15.6. The van der Waals surface area contributed by atoms with E-state index in [2.05, 4.69) is 16.9 Å². The molecule has 3 nitrogen and oxygen atoms in total. The molecule has 3 heteroatoms. The summed E-state index contributed by atoms with van der Waals surface area (Å²) in [7, 11) is 0. The highest BCUT2D eigenvalue weighted by atomic mass is 16.2. The fourth-order valence-corrected chi connectivity index (χ4v) is 2.89. The quantitative estimate of drug-likeness (QED) is 0.836. The molecule has 0 spiro atoms. The van der Waals surface area contributed by atoms with E-state index in [0.717, 1.165) is 17.3 Å². The second-order valence-corrected chi connectivity index (χ2v) is 5.55. The molecule has 20 heavy (non-hydrogen) atoms.